The molecular weight excluding hydrogens is 288 g/mol. The zero-order valence-electron chi connectivity index (χ0n) is 9.23. The third kappa shape index (κ3) is 2.12. The Hall–Kier alpha value is -0.880. The summed E-state index contributed by atoms with van der Waals surface area (Å²) in [7, 11) is 1.95. The largest absolute Gasteiger partial charge is 0.309 e. The number of rotatable bonds is 2. The van der Waals surface area contributed by atoms with Crippen molar-refractivity contribution >= 4 is 27.7 Å². The summed E-state index contributed by atoms with van der Waals surface area (Å²) >= 11 is 5.04. The highest BCUT2D eigenvalue weighted by molar-refractivity contribution is 9.10. The Bertz CT molecular complexity index is 524. The highest BCUT2D eigenvalue weighted by Crippen LogP contribution is 2.32. The molecule has 0 N–H and O–H groups in total. The number of pyridine rings is 1. The Morgan fingerprint density at radius 1 is 1.31 bits per heavy atom. The molecule has 0 aromatic carbocycles. The summed E-state index contributed by atoms with van der Waals surface area (Å²) in [5.74, 6) is 0.895. The lowest BCUT2D eigenvalue weighted by atomic mass is 10.3. The molecule has 0 unspecified atom stereocenters. The summed E-state index contributed by atoms with van der Waals surface area (Å²) in [6.45, 7) is 3.97. The van der Waals surface area contributed by atoms with Gasteiger partial charge in [-0.15, -0.1) is 10.2 Å². The van der Waals surface area contributed by atoms with Gasteiger partial charge in [-0.3, -0.25) is 0 Å². The summed E-state index contributed by atoms with van der Waals surface area (Å²) in [5, 5.41) is 9.87. The van der Waals surface area contributed by atoms with Crippen LogP contribution in [-0.2, 0) is 7.05 Å². The average Bonchev–Trinajstić information content (AvgIpc) is 2.57. The van der Waals surface area contributed by atoms with Crippen molar-refractivity contribution < 1.29 is 0 Å². The smallest absolute Gasteiger partial charge is 0.197 e. The second kappa shape index (κ2) is 4.55. The molecule has 84 valence electrons. The molecule has 0 bridgehead atoms. The third-order valence-electron chi connectivity index (χ3n) is 2.29. The molecule has 0 atom stereocenters. The van der Waals surface area contributed by atoms with Crippen molar-refractivity contribution in [2.75, 3.05) is 0 Å². The number of hydrogen-bond acceptors (Lipinski definition) is 4. The van der Waals surface area contributed by atoms with Crippen LogP contribution in [0, 0.1) is 13.8 Å². The van der Waals surface area contributed by atoms with E-state index in [1.54, 1.807) is 6.20 Å². The van der Waals surface area contributed by atoms with Gasteiger partial charge in [0.2, 0.25) is 0 Å². The second-order valence-corrected chi connectivity index (χ2v) is 5.19. The first-order valence-electron chi connectivity index (χ1n) is 4.74. The standard InChI is InChI=1S/C10H11BrN4S/c1-6-4-5-12-9(8(6)11)16-10-14-13-7(2)15(10)3/h4-5H,1-3H3. The number of nitrogens with zero attached hydrogens (tertiary/aromatic N) is 4. The van der Waals surface area contributed by atoms with Crippen molar-refractivity contribution in [3.8, 4) is 0 Å². The molecule has 2 heterocycles. The number of halogens is 1. The quantitative estimate of drug-likeness (QED) is 0.855. The predicted molar refractivity (Wildman–Crippen MR) is 66.5 cm³/mol. The highest BCUT2D eigenvalue weighted by Gasteiger charge is 2.11. The molecule has 0 saturated heterocycles. The topological polar surface area (TPSA) is 43.6 Å². The molecule has 0 fully saturated rings. The van der Waals surface area contributed by atoms with E-state index >= 15 is 0 Å². The van der Waals surface area contributed by atoms with Crippen molar-refractivity contribution in [2.24, 2.45) is 7.05 Å². The lowest BCUT2D eigenvalue weighted by Crippen LogP contribution is -1.94. The molecule has 0 amide bonds. The molecule has 0 radical (unpaired) electrons. The third-order valence-corrected chi connectivity index (χ3v) is 4.60. The van der Waals surface area contributed by atoms with Crippen LogP contribution in [0.2, 0.25) is 0 Å². The lowest BCUT2D eigenvalue weighted by molar-refractivity contribution is 0.764. The minimum atomic E-state index is 0.844. The van der Waals surface area contributed by atoms with E-state index in [4.69, 9.17) is 0 Å². The number of aryl methyl sites for hydroxylation is 2. The van der Waals surface area contributed by atoms with Crippen LogP contribution in [0.15, 0.2) is 26.9 Å². The van der Waals surface area contributed by atoms with Crippen LogP contribution in [0.1, 0.15) is 11.4 Å². The average molecular weight is 299 g/mol. The predicted octanol–water partition coefficient (Wildman–Crippen LogP) is 2.74. The van der Waals surface area contributed by atoms with Crippen LogP contribution in [0.5, 0.6) is 0 Å². The Balaban J connectivity index is 2.34. The molecule has 0 aliphatic carbocycles. The summed E-state index contributed by atoms with van der Waals surface area (Å²) in [6.07, 6.45) is 1.80. The molecule has 16 heavy (non-hydrogen) atoms. The van der Waals surface area contributed by atoms with Crippen molar-refractivity contribution in [2.45, 2.75) is 24.0 Å². The minimum Gasteiger partial charge on any atom is -0.309 e. The summed E-state index contributed by atoms with van der Waals surface area (Å²) in [6, 6.07) is 1.97. The van der Waals surface area contributed by atoms with E-state index in [-0.39, 0.29) is 0 Å². The van der Waals surface area contributed by atoms with Crippen LogP contribution in [0.25, 0.3) is 0 Å². The van der Waals surface area contributed by atoms with Gasteiger partial charge in [0.15, 0.2) is 5.16 Å². The van der Waals surface area contributed by atoms with E-state index in [2.05, 4.69) is 31.1 Å². The summed E-state index contributed by atoms with van der Waals surface area (Å²) in [5.41, 5.74) is 1.16. The molecule has 0 aliphatic heterocycles. The molecule has 2 rings (SSSR count). The second-order valence-electron chi connectivity index (χ2n) is 3.44. The first-order chi connectivity index (χ1) is 7.59. The summed E-state index contributed by atoms with van der Waals surface area (Å²) < 4.78 is 2.96. The Kier molecular flexibility index (Phi) is 3.30. The van der Waals surface area contributed by atoms with Crippen LogP contribution in [0.4, 0.5) is 0 Å². The molecule has 4 nitrogen and oxygen atoms in total. The fourth-order valence-corrected chi connectivity index (χ4v) is 2.51. The maximum Gasteiger partial charge on any atom is 0.197 e. The maximum absolute atomic E-state index is 4.32. The lowest BCUT2D eigenvalue weighted by Gasteiger charge is -2.04. The van der Waals surface area contributed by atoms with Crippen molar-refractivity contribution in [1.82, 2.24) is 19.7 Å². The van der Waals surface area contributed by atoms with Crippen LogP contribution in [0.3, 0.4) is 0 Å². The van der Waals surface area contributed by atoms with Gasteiger partial charge in [-0.2, -0.15) is 0 Å². The van der Waals surface area contributed by atoms with Crippen LogP contribution in [-0.4, -0.2) is 19.7 Å². The van der Waals surface area contributed by atoms with E-state index in [1.807, 2.05) is 31.5 Å². The molecule has 6 heteroatoms. The van der Waals surface area contributed by atoms with Gasteiger partial charge in [-0.1, -0.05) is 0 Å². The van der Waals surface area contributed by atoms with E-state index in [0.717, 1.165) is 26.0 Å². The molecule has 2 aromatic heterocycles. The monoisotopic (exact) mass is 298 g/mol. The van der Waals surface area contributed by atoms with Gasteiger partial charge < -0.3 is 4.57 Å². The van der Waals surface area contributed by atoms with Crippen molar-refractivity contribution in [1.29, 1.82) is 0 Å². The number of aromatic nitrogens is 4. The van der Waals surface area contributed by atoms with Gasteiger partial charge in [-0.25, -0.2) is 4.98 Å². The van der Waals surface area contributed by atoms with E-state index in [9.17, 15) is 0 Å². The first kappa shape index (κ1) is 11.6. The van der Waals surface area contributed by atoms with Crippen LogP contribution < -0.4 is 0 Å². The zero-order valence-corrected chi connectivity index (χ0v) is 11.6. The maximum atomic E-state index is 4.32. The van der Waals surface area contributed by atoms with E-state index in [1.165, 1.54) is 11.8 Å². The van der Waals surface area contributed by atoms with Gasteiger partial charge >= 0.3 is 0 Å². The number of hydrogen-bond donors (Lipinski definition) is 0. The highest BCUT2D eigenvalue weighted by atomic mass is 79.9. The van der Waals surface area contributed by atoms with Crippen molar-refractivity contribution in [3.05, 3.63) is 28.1 Å². The molecule has 0 spiro atoms. The van der Waals surface area contributed by atoms with Crippen LogP contribution >= 0.6 is 27.7 Å². The summed E-state index contributed by atoms with van der Waals surface area (Å²) in [4.78, 5) is 4.32. The van der Waals surface area contributed by atoms with E-state index in [0.29, 0.717) is 0 Å². The molecule has 2 aromatic rings. The van der Waals surface area contributed by atoms with E-state index < -0.39 is 0 Å². The molecular formula is C10H11BrN4S. The van der Waals surface area contributed by atoms with Gasteiger partial charge in [0.1, 0.15) is 10.9 Å². The first-order valence-corrected chi connectivity index (χ1v) is 6.35. The van der Waals surface area contributed by atoms with Gasteiger partial charge in [0.25, 0.3) is 0 Å². The normalized spacial score (nSPS) is 10.8. The Labute approximate surface area is 107 Å². The van der Waals surface area contributed by atoms with Gasteiger partial charge in [0, 0.05) is 13.2 Å². The van der Waals surface area contributed by atoms with Gasteiger partial charge in [-0.05, 0) is 53.2 Å². The van der Waals surface area contributed by atoms with Gasteiger partial charge in [0.05, 0.1) is 4.47 Å². The fraction of sp³-hybridized carbons (Fsp3) is 0.300. The fourth-order valence-electron chi connectivity index (χ4n) is 1.15. The minimum absolute atomic E-state index is 0.844. The van der Waals surface area contributed by atoms with Crippen molar-refractivity contribution in [3.63, 3.8) is 0 Å². The Morgan fingerprint density at radius 3 is 2.69 bits per heavy atom. The Morgan fingerprint density at radius 2 is 2.06 bits per heavy atom. The molecule has 0 aliphatic rings. The SMILES string of the molecule is Cc1ccnc(Sc2nnc(C)n2C)c1Br. The zero-order chi connectivity index (χ0) is 11.7. The molecule has 0 saturated carbocycles.